The molecule has 70 valence electrons. The number of rotatable bonds is 0. The van der Waals surface area contributed by atoms with Gasteiger partial charge in [-0.25, -0.2) is 14.4 Å². The topological polar surface area (TPSA) is 164 Å². The molecule has 9 heteroatoms. The van der Waals surface area contributed by atoms with Crippen LogP contribution in [0.2, 0.25) is 0 Å². The van der Waals surface area contributed by atoms with E-state index in [-0.39, 0.29) is 47.2 Å². The van der Waals surface area contributed by atoms with Crippen molar-refractivity contribution in [1.82, 2.24) is 0 Å². The van der Waals surface area contributed by atoms with Gasteiger partial charge in [-0.05, 0) is 0 Å². The van der Waals surface area contributed by atoms with Crippen LogP contribution < -0.4 is 0 Å². The van der Waals surface area contributed by atoms with E-state index in [1.54, 1.807) is 0 Å². The summed E-state index contributed by atoms with van der Waals surface area (Å²) in [6, 6.07) is 0. The monoisotopic (exact) mass is 310 g/mol. The van der Waals surface area contributed by atoms with Gasteiger partial charge in [-0.1, -0.05) is 0 Å². The Morgan fingerprint density at radius 2 is 0.833 bits per heavy atom. The fourth-order valence-corrected chi connectivity index (χ4v) is 0. The summed E-state index contributed by atoms with van der Waals surface area (Å²) in [5, 5.41) is 28.7. The number of hydrogen-bond acceptors (Lipinski definition) is 3. The normalized spacial score (nSPS) is 5.67. The Labute approximate surface area is 99.5 Å². The van der Waals surface area contributed by atoms with E-state index in [0.717, 1.165) is 0 Å². The molecule has 0 aliphatic rings. The van der Waals surface area contributed by atoms with Crippen LogP contribution in [0.3, 0.4) is 0 Å². The van der Waals surface area contributed by atoms with Gasteiger partial charge in [-0.2, -0.15) is 0 Å². The Morgan fingerprint density at radius 1 is 0.750 bits per heavy atom. The van der Waals surface area contributed by atoms with Gasteiger partial charge in [0, 0.05) is 41.7 Å². The molecule has 12 heavy (non-hydrogen) atoms. The Hall–Kier alpha value is -0.453. The van der Waals surface area contributed by atoms with Gasteiger partial charge in [-0.3, -0.25) is 0 Å². The molecule has 8 nitrogen and oxygen atoms in total. The molecular formula is C3H6CeO8. The van der Waals surface area contributed by atoms with Crippen molar-refractivity contribution < 1.29 is 82.0 Å². The number of carboxylic acid groups (broad SMARTS) is 4. The summed E-state index contributed by atoms with van der Waals surface area (Å²) in [7, 11) is 0. The maximum Gasteiger partial charge on any atom is 0.503 e. The van der Waals surface area contributed by atoms with Crippen molar-refractivity contribution in [1.29, 1.82) is 0 Å². The van der Waals surface area contributed by atoms with Crippen LogP contribution in [-0.2, 0) is 9.59 Å². The Kier molecular flexibility index (Phi) is 24.7. The van der Waals surface area contributed by atoms with Crippen molar-refractivity contribution in [2.24, 2.45) is 0 Å². The van der Waals surface area contributed by atoms with E-state index in [2.05, 4.69) is 0 Å². The number of carboxylic acids is 2. The quantitative estimate of drug-likeness (QED) is 0.397. The molecule has 0 saturated carbocycles. The Morgan fingerprint density at radius 3 is 0.833 bits per heavy atom. The largest absolute Gasteiger partial charge is 0.503 e. The zero-order chi connectivity index (χ0) is 8.73. The molecule has 0 bridgehead atoms. The smallest absolute Gasteiger partial charge is 0.473 e. The summed E-state index contributed by atoms with van der Waals surface area (Å²) in [5.41, 5.74) is 0. The van der Waals surface area contributed by atoms with E-state index < -0.39 is 18.1 Å². The molecule has 0 aromatic heterocycles. The average molecular weight is 310 g/mol. The van der Waals surface area contributed by atoms with E-state index in [4.69, 9.17) is 34.8 Å². The molecule has 0 amide bonds. The standard InChI is InChI=1S/C2H2O4.CH2O3.Ce.H2O/c3-1(4)2(5)6;2-1(3)4;;/h(H,3,4)(H,5,6);(H2,2,3,4);;1H2. The van der Waals surface area contributed by atoms with Crippen molar-refractivity contribution in [3.8, 4) is 0 Å². The molecule has 0 aliphatic carbocycles. The summed E-state index contributed by atoms with van der Waals surface area (Å²) in [6.07, 6.45) is -1.83. The molecule has 0 saturated heterocycles. The van der Waals surface area contributed by atoms with Gasteiger partial charge in [0.05, 0.1) is 0 Å². The second-order valence-corrected chi connectivity index (χ2v) is 0.893. The molecule has 6 N–H and O–H groups in total. The first-order valence-electron chi connectivity index (χ1n) is 1.76. The van der Waals surface area contributed by atoms with Crippen molar-refractivity contribution in [2.75, 3.05) is 0 Å². The third-order valence-electron chi connectivity index (χ3n) is 0.183. The van der Waals surface area contributed by atoms with Crippen LogP contribution in [0.4, 0.5) is 4.79 Å². The molecule has 0 unspecified atom stereocenters. The van der Waals surface area contributed by atoms with Crippen molar-refractivity contribution in [2.45, 2.75) is 0 Å². The number of hydrogen-bond donors (Lipinski definition) is 4. The van der Waals surface area contributed by atoms with Crippen LogP contribution in [0.5, 0.6) is 0 Å². The van der Waals surface area contributed by atoms with E-state index in [1.165, 1.54) is 0 Å². The summed E-state index contributed by atoms with van der Waals surface area (Å²) in [4.78, 5) is 26.8. The van der Waals surface area contributed by atoms with Crippen LogP contribution >= 0.6 is 0 Å². The average Bonchev–Trinajstić information content (AvgIpc) is 1.63. The van der Waals surface area contributed by atoms with E-state index >= 15 is 0 Å². The molecule has 0 aromatic rings. The van der Waals surface area contributed by atoms with Gasteiger partial charge < -0.3 is 25.9 Å². The van der Waals surface area contributed by atoms with Gasteiger partial charge in [0.1, 0.15) is 0 Å². The van der Waals surface area contributed by atoms with Crippen LogP contribution in [0.25, 0.3) is 0 Å². The van der Waals surface area contributed by atoms with E-state index in [0.29, 0.717) is 0 Å². The zero-order valence-electron chi connectivity index (χ0n) is 5.51. The van der Waals surface area contributed by atoms with Gasteiger partial charge in [0.25, 0.3) is 0 Å². The molecular weight excluding hydrogens is 304 g/mol. The van der Waals surface area contributed by atoms with Crippen molar-refractivity contribution in [3.05, 3.63) is 0 Å². The minimum atomic E-state index is -1.83. The van der Waals surface area contributed by atoms with E-state index in [9.17, 15) is 0 Å². The van der Waals surface area contributed by atoms with E-state index in [1.807, 2.05) is 0 Å². The zero-order valence-corrected chi connectivity index (χ0v) is 8.65. The predicted octanol–water partition coefficient (Wildman–Crippen LogP) is -1.45. The third kappa shape index (κ3) is 55.4. The first-order valence-corrected chi connectivity index (χ1v) is 1.76. The molecule has 0 rings (SSSR count). The molecule has 0 atom stereocenters. The second-order valence-electron chi connectivity index (χ2n) is 0.893. The third-order valence-corrected chi connectivity index (χ3v) is 0.183. The van der Waals surface area contributed by atoms with Gasteiger partial charge >= 0.3 is 18.1 Å². The van der Waals surface area contributed by atoms with Crippen molar-refractivity contribution in [3.63, 3.8) is 0 Å². The van der Waals surface area contributed by atoms with Gasteiger partial charge in [0.15, 0.2) is 0 Å². The Balaban J connectivity index is -0.0000000483. The molecule has 0 radical (unpaired) electrons. The van der Waals surface area contributed by atoms with Crippen LogP contribution in [-0.4, -0.2) is 44.0 Å². The summed E-state index contributed by atoms with van der Waals surface area (Å²) in [5.74, 6) is -3.65. The number of aliphatic carboxylic acids is 2. The first kappa shape index (κ1) is 22.6. The fourth-order valence-electron chi connectivity index (χ4n) is 0. The Bertz CT molecular complexity index is 136. The molecule has 0 fully saturated rings. The molecule has 0 heterocycles. The second kappa shape index (κ2) is 13.2. The number of carbonyl (C=O) groups is 3. The first-order chi connectivity index (χ1) is 4.37. The van der Waals surface area contributed by atoms with Gasteiger partial charge in [0.2, 0.25) is 0 Å². The maximum atomic E-state index is 9.10. The molecule has 0 aromatic carbocycles. The van der Waals surface area contributed by atoms with Crippen LogP contribution in [0.15, 0.2) is 0 Å². The maximum absolute atomic E-state index is 9.10. The minimum absolute atomic E-state index is 0. The summed E-state index contributed by atoms with van der Waals surface area (Å²) >= 11 is 0. The fraction of sp³-hybridized carbons (Fsp3) is 0. The summed E-state index contributed by atoms with van der Waals surface area (Å²) in [6.45, 7) is 0. The molecule has 0 aliphatic heterocycles. The summed E-state index contributed by atoms with van der Waals surface area (Å²) < 4.78 is 0. The van der Waals surface area contributed by atoms with Crippen molar-refractivity contribution >= 4 is 18.1 Å². The van der Waals surface area contributed by atoms with Gasteiger partial charge in [-0.15, -0.1) is 0 Å². The SMILES string of the molecule is O.O=C(O)C(=O)O.O=C(O)O.[Ce]. The van der Waals surface area contributed by atoms with Crippen LogP contribution in [0.1, 0.15) is 0 Å². The molecule has 0 spiro atoms. The predicted molar refractivity (Wildman–Crippen MR) is 29.5 cm³/mol. The van der Waals surface area contributed by atoms with Crippen LogP contribution in [0, 0.1) is 41.7 Å². The minimum Gasteiger partial charge on any atom is -0.473 e.